The SMILES string of the molecule is COC(=O)C1=CC2=C(C(=O)c3ccccc3C2=O)C(OC)S1. The fraction of sp³-hybridized carbons (Fsp3) is 0.188. The second kappa shape index (κ2) is 5.55. The summed E-state index contributed by atoms with van der Waals surface area (Å²) in [4.78, 5) is 37.3. The number of hydrogen-bond acceptors (Lipinski definition) is 6. The third-order valence-corrected chi connectivity index (χ3v) is 4.72. The van der Waals surface area contributed by atoms with E-state index in [0.29, 0.717) is 11.1 Å². The molecule has 0 bridgehead atoms. The van der Waals surface area contributed by atoms with Crippen LogP contribution in [0.25, 0.3) is 0 Å². The lowest BCUT2D eigenvalue weighted by atomic mass is 9.83. The zero-order valence-corrected chi connectivity index (χ0v) is 12.7. The molecule has 1 unspecified atom stereocenters. The van der Waals surface area contributed by atoms with Crippen molar-refractivity contribution in [3.63, 3.8) is 0 Å². The van der Waals surface area contributed by atoms with Gasteiger partial charge in [-0.25, -0.2) is 4.79 Å². The number of fused-ring (bicyclic) bond motifs is 1. The van der Waals surface area contributed by atoms with E-state index in [9.17, 15) is 14.4 Å². The van der Waals surface area contributed by atoms with Gasteiger partial charge in [0.25, 0.3) is 0 Å². The van der Waals surface area contributed by atoms with Gasteiger partial charge in [-0.1, -0.05) is 36.0 Å². The number of esters is 1. The first kappa shape index (κ1) is 14.7. The third kappa shape index (κ3) is 2.12. The van der Waals surface area contributed by atoms with E-state index >= 15 is 0 Å². The highest BCUT2D eigenvalue weighted by Gasteiger charge is 2.39. The summed E-state index contributed by atoms with van der Waals surface area (Å²) in [5.41, 5.74) is 0.481. The van der Waals surface area contributed by atoms with Gasteiger partial charge in [-0.05, 0) is 6.08 Å². The van der Waals surface area contributed by atoms with Crippen LogP contribution in [-0.4, -0.2) is 37.2 Å². The first-order valence-corrected chi connectivity index (χ1v) is 7.38. The molecular formula is C16H12O5S. The van der Waals surface area contributed by atoms with Gasteiger partial charge in [0, 0.05) is 23.8 Å². The highest BCUT2D eigenvalue weighted by molar-refractivity contribution is 8.04. The summed E-state index contributed by atoms with van der Waals surface area (Å²) in [5, 5.41) is 0. The summed E-state index contributed by atoms with van der Waals surface area (Å²) in [5.74, 6) is -1.09. The molecule has 2 aliphatic rings. The van der Waals surface area contributed by atoms with Crippen molar-refractivity contribution in [3.05, 3.63) is 57.5 Å². The second-order valence-electron chi connectivity index (χ2n) is 4.72. The monoisotopic (exact) mass is 316 g/mol. The number of carbonyl (C=O) groups excluding carboxylic acids is 3. The minimum atomic E-state index is -0.709. The van der Waals surface area contributed by atoms with E-state index in [1.165, 1.54) is 20.3 Å². The average molecular weight is 316 g/mol. The number of Topliss-reactive ketones (excluding diaryl/α,β-unsaturated/α-hetero) is 2. The van der Waals surface area contributed by atoms with Crippen LogP contribution in [0.4, 0.5) is 0 Å². The van der Waals surface area contributed by atoms with E-state index < -0.39 is 11.4 Å². The maximum absolute atomic E-state index is 12.7. The van der Waals surface area contributed by atoms with Gasteiger partial charge < -0.3 is 9.47 Å². The molecule has 1 aromatic carbocycles. The fourth-order valence-electron chi connectivity index (χ4n) is 2.50. The summed E-state index contributed by atoms with van der Waals surface area (Å²) in [6, 6.07) is 6.64. The molecular weight excluding hydrogens is 304 g/mol. The first-order valence-electron chi connectivity index (χ1n) is 6.50. The van der Waals surface area contributed by atoms with Crippen molar-refractivity contribution in [1.29, 1.82) is 0 Å². The number of rotatable bonds is 2. The highest BCUT2D eigenvalue weighted by Crippen LogP contribution is 2.41. The Bertz CT molecular complexity index is 760. The van der Waals surface area contributed by atoms with Crippen LogP contribution in [0.15, 0.2) is 46.4 Å². The zero-order valence-electron chi connectivity index (χ0n) is 11.9. The molecule has 22 heavy (non-hydrogen) atoms. The van der Waals surface area contributed by atoms with E-state index in [4.69, 9.17) is 9.47 Å². The van der Waals surface area contributed by atoms with Crippen molar-refractivity contribution in [3.8, 4) is 0 Å². The number of ketones is 2. The van der Waals surface area contributed by atoms with E-state index in [-0.39, 0.29) is 27.6 Å². The Balaban J connectivity index is 2.19. The van der Waals surface area contributed by atoms with Crippen molar-refractivity contribution in [2.45, 2.75) is 5.44 Å². The number of thioether (sulfide) groups is 1. The highest BCUT2D eigenvalue weighted by atomic mass is 32.2. The van der Waals surface area contributed by atoms with Crippen LogP contribution >= 0.6 is 11.8 Å². The molecule has 112 valence electrons. The number of benzene rings is 1. The quantitative estimate of drug-likeness (QED) is 0.779. The standard InChI is InChI=1S/C16H12O5S/c1-20-15(19)11-7-10-12(16(21-2)22-11)14(18)9-6-4-3-5-8(9)13(10)17/h3-7,16H,1-2H3. The molecule has 0 spiro atoms. The Labute approximate surface area is 131 Å². The molecule has 0 saturated carbocycles. The van der Waals surface area contributed by atoms with Crippen LogP contribution in [0.1, 0.15) is 20.7 Å². The van der Waals surface area contributed by atoms with Crippen LogP contribution < -0.4 is 0 Å². The second-order valence-corrected chi connectivity index (χ2v) is 5.82. The minimum absolute atomic E-state index is 0.203. The van der Waals surface area contributed by atoms with Crippen molar-refractivity contribution in [2.24, 2.45) is 0 Å². The molecule has 1 heterocycles. The number of hydrogen-bond donors (Lipinski definition) is 0. The molecule has 0 aromatic heterocycles. The molecule has 6 heteroatoms. The lowest BCUT2D eigenvalue weighted by Gasteiger charge is -2.28. The predicted molar refractivity (Wildman–Crippen MR) is 80.6 cm³/mol. The molecule has 3 rings (SSSR count). The van der Waals surface area contributed by atoms with Crippen molar-refractivity contribution >= 4 is 29.3 Å². The Morgan fingerprint density at radius 2 is 1.73 bits per heavy atom. The molecule has 1 aliphatic carbocycles. The first-order chi connectivity index (χ1) is 10.6. The lowest BCUT2D eigenvalue weighted by Crippen LogP contribution is -2.31. The predicted octanol–water partition coefficient (Wildman–Crippen LogP) is 2.14. The Kier molecular flexibility index (Phi) is 3.72. The molecule has 1 aromatic rings. The van der Waals surface area contributed by atoms with Crippen LogP contribution in [0.3, 0.4) is 0 Å². The van der Waals surface area contributed by atoms with Gasteiger partial charge >= 0.3 is 5.97 Å². The van der Waals surface area contributed by atoms with E-state index in [1.807, 2.05) is 0 Å². The minimum Gasteiger partial charge on any atom is -0.465 e. The largest absolute Gasteiger partial charge is 0.465 e. The Morgan fingerprint density at radius 1 is 1.09 bits per heavy atom. The normalized spacial score (nSPS) is 20.3. The van der Waals surface area contributed by atoms with Crippen molar-refractivity contribution in [1.82, 2.24) is 0 Å². The summed E-state index contributed by atoms with van der Waals surface area (Å²) in [7, 11) is 2.69. The molecule has 5 nitrogen and oxygen atoms in total. The maximum atomic E-state index is 12.7. The van der Waals surface area contributed by atoms with Crippen LogP contribution in [-0.2, 0) is 14.3 Å². The number of allylic oxidation sites excluding steroid dienone is 2. The van der Waals surface area contributed by atoms with Crippen LogP contribution in [0.2, 0.25) is 0 Å². The van der Waals surface area contributed by atoms with Crippen molar-refractivity contribution in [2.75, 3.05) is 14.2 Å². The van der Waals surface area contributed by atoms with Gasteiger partial charge in [0.15, 0.2) is 11.6 Å². The van der Waals surface area contributed by atoms with Crippen LogP contribution in [0.5, 0.6) is 0 Å². The van der Waals surface area contributed by atoms with E-state index in [2.05, 4.69) is 0 Å². The summed E-state index contributed by atoms with van der Waals surface area (Å²) in [6.07, 6.45) is 1.41. The summed E-state index contributed by atoms with van der Waals surface area (Å²) >= 11 is 1.06. The fourth-order valence-corrected chi connectivity index (χ4v) is 3.55. The summed E-state index contributed by atoms with van der Waals surface area (Å²) in [6.45, 7) is 0. The van der Waals surface area contributed by atoms with Gasteiger partial charge in [0.2, 0.25) is 0 Å². The van der Waals surface area contributed by atoms with Gasteiger partial charge in [-0.15, -0.1) is 0 Å². The number of methoxy groups -OCH3 is 2. The number of carbonyl (C=O) groups is 3. The molecule has 0 N–H and O–H groups in total. The molecule has 0 fully saturated rings. The van der Waals surface area contributed by atoms with E-state index in [1.54, 1.807) is 24.3 Å². The van der Waals surface area contributed by atoms with Gasteiger partial charge in [0.05, 0.1) is 17.6 Å². The van der Waals surface area contributed by atoms with Gasteiger partial charge in [-0.2, -0.15) is 0 Å². The molecule has 0 amide bonds. The van der Waals surface area contributed by atoms with Gasteiger partial charge in [0.1, 0.15) is 5.44 Å². The van der Waals surface area contributed by atoms with Crippen molar-refractivity contribution < 1.29 is 23.9 Å². The lowest BCUT2D eigenvalue weighted by molar-refractivity contribution is -0.135. The Morgan fingerprint density at radius 3 is 2.32 bits per heavy atom. The molecule has 1 atom stereocenters. The topological polar surface area (TPSA) is 69.7 Å². The number of ether oxygens (including phenoxy) is 2. The molecule has 0 saturated heterocycles. The average Bonchev–Trinajstić information content (AvgIpc) is 2.57. The third-order valence-electron chi connectivity index (χ3n) is 3.54. The summed E-state index contributed by atoms with van der Waals surface area (Å²) < 4.78 is 9.99. The van der Waals surface area contributed by atoms with Crippen LogP contribution in [0, 0.1) is 0 Å². The molecule has 0 radical (unpaired) electrons. The zero-order chi connectivity index (χ0) is 15.9. The van der Waals surface area contributed by atoms with E-state index in [0.717, 1.165) is 11.8 Å². The maximum Gasteiger partial charge on any atom is 0.344 e. The molecule has 1 aliphatic heterocycles. The smallest absolute Gasteiger partial charge is 0.344 e. The van der Waals surface area contributed by atoms with Gasteiger partial charge in [-0.3, -0.25) is 9.59 Å². The Hall–Kier alpha value is -2.18.